The largest absolute Gasteiger partial charge is 0.434 e. The molecule has 0 amide bonds. The van der Waals surface area contributed by atoms with Crippen LogP contribution < -0.4 is 5.32 Å². The van der Waals surface area contributed by atoms with Crippen molar-refractivity contribution in [2.75, 3.05) is 18.4 Å². The number of aliphatic hydroxyl groups is 1. The van der Waals surface area contributed by atoms with Crippen LogP contribution in [-0.4, -0.2) is 44.1 Å². The molecule has 0 aliphatic carbocycles. The minimum atomic E-state index is -0.674. The monoisotopic (exact) mass is 328 g/mol. The van der Waals surface area contributed by atoms with Crippen molar-refractivity contribution in [1.82, 2.24) is 14.9 Å². The highest BCUT2D eigenvalue weighted by molar-refractivity contribution is 9.09. The number of alkyl halides is 1. The maximum atomic E-state index is 10.5. The predicted molar refractivity (Wildman–Crippen MR) is 68.8 cm³/mol. The third kappa shape index (κ3) is 5.44. The van der Waals surface area contributed by atoms with Crippen LogP contribution in [0.5, 0.6) is 0 Å². The summed E-state index contributed by atoms with van der Waals surface area (Å²) in [7, 11) is 0. The Morgan fingerprint density at radius 3 is 3.00 bits per heavy atom. The minimum absolute atomic E-state index is 0. The average molecular weight is 330 g/mol. The Balaban J connectivity index is 0.00000256. The number of nitrogens with zero attached hydrogens (tertiary/aromatic N) is 3. The van der Waals surface area contributed by atoms with Crippen molar-refractivity contribution in [3.8, 4) is 0 Å². The zero-order valence-corrected chi connectivity index (χ0v) is 11.4. The smallest absolute Gasteiger partial charge is 0.390 e. The summed E-state index contributed by atoms with van der Waals surface area (Å²) in [5.74, 6) is -0.250. The van der Waals surface area contributed by atoms with Gasteiger partial charge in [-0.05, 0) is 4.92 Å². The lowest BCUT2D eigenvalue weighted by Gasteiger charge is -2.10. The molecule has 0 radical (unpaired) electrons. The lowest BCUT2D eigenvalue weighted by molar-refractivity contribution is -0.397. The Kier molecular flexibility index (Phi) is 8.05. The minimum Gasteiger partial charge on any atom is -0.390 e. The summed E-state index contributed by atoms with van der Waals surface area (Å²) in [6, 6.07) is 0. The highest BCUT2D eigenvalue weighted by atomic mass is 79.9. The molecule has 1 atom stereocenters. The molecule has 1 rings (SSSR count). The first-order valence-electron chi connectivity index (χ1n) is 4.75. The fourth-order valence-corrected chi connectivity index (χ4v) is 1.52. The first-order valence-corrected chi connectivity index (χ1v) is 5.87. The van der Waals surface area contributed by atoms with E-state index in [0.717, 1.165) is 11.9 Å². The van der Waals surface area contributed by atoms with Gasteiger partial charge < -0.3 is 20.5 Å². The van der Waals surface area contributed by atoms with Gasteiger partial charge >= 0.3 is 5.95 Å². The zero-order chi connectivity index (χ0) is 12.0. The molecule has 1 aromatic heterocycles. The molecule has 0 aromatic carbocycles. The Bertz CT molecular complexity index is 349. The standard InChI is InChI=1S/C8H13BrN4O3.ClH/c9-1-2-10-5-7(14)6-12-4-3-11-8(12)13(15)16;/h3-4,7,10,14H,1-2,5-6H2;1H/t7-;/m1./s1. The summed E-state index contributed by atoms with van der Waals surface area (Å²) in [6.07, 6.45) is 2.15. The molecule has 1 aromatic rings. The van der Waals surface area contributed by atoms with Crippen molar-refractivity contribution in [1.29, 1.82) is 0 Å². The first kappa shape index (κ1) is 16.3. The molecular weight excluding hydrogens is 315 g/mol. The molecule has 2 N–H and O–H groups in total. The number of hydrogen-bond donors (Lipinski definition) is 2. The molecule has 98 valence electrons. The third-order valence-corrected chi connectivity index (χ3v) is 2.31. The normalized spacial score (nSPS) is 11.9. The van der Waals surface area contributed by atoms with Crippen LogP contribution in [0.2, 0.25) is 0 Å². The second-order valence-corrected chi connectivity index (χ2v) is 3.98. The predicted octanol–water partition coefficient (Wildman–Crippen LogP) is 0.559. The van der Waals surface area contributed by atoms with Gasteiger partial charge in [-0.2, -0.15) is 0 Å². The van der Waals surface area contributed by atoms with Gasteiger partial charge in [-0.25, -0.2) is 4.57 Å². The van der Waals surface area contributed by atoms with Gasteiger partial charge in [0.05, 0.1) is 12.6 Å². The quantitative estimate of drug-likeness (QED) is 0.330. The first-order chi connectivity index (χ1) is 7.65. The number of hydrogen-bond acceptors (Lipinski definition) is 5. The summed E-state index contributed by atoms with van der Waals surface area (Å²) < 4.78 is 1.32. The summed E-state index contributed by atoms with van der Waals surface area (Å²) in [5, 5.41) is 23.9. The fourth-order valence-electron chi connectivity index (χ4n) is 1.24. The average Bonchev–Trinajstić information content (AvgIpc) is 2.66. The van der Waals surface area contributed by atoms with Crippen molar-refractivity contribution >= 4 is 34.3 Å². The SMILES string of the molecule is Cl.O=[N+]([O-])c1nccn1C[C@H](O)CNCCBr. The number of nitro groups is 1. The summed E-state index contributed by atoms with van der Waals surface area (Å²) in [5.41, 5.74) is 0. The molecule has 7 nitrogen and oxygen atoms in total. The molecule has 17 heavy (non-hydrogen) atoms. The second kappa shape index (κ2) is 8.40. The second-order valence-electron chi connectivity index (χ2n) is 3.18. The molecule has 0 spiro atoms. The van der Waals surface area contributed by atoms with E-state index in [0.29, 0.717) is 6.54 Å². The number of aromatic nitrogens is 2. The van der Waals surface area contributed by atoms with E-state index in [1.54, 1.807) is 0 Å². The molecule has 1 heterocycles. The number of halogens is 2. The van der Waals surface area contributed by atoms with Crippen LogP contribution in [0.3, 0.4) is 0 Å². The molecular formula is C8H14BrClN4O3. The molecule has 0 fully saturated rings. The lowest BCUT2D eigenvalue weighted by atomic mass is 10.3. The van der Waals surface area contributed by atoms with Gasteiger partial charge in [-0.1, -0.05) is 20.9 Å². The van der Waals surface area contributed by atoms with Gasteiger partial charge in [-0.3, -0.25) is 0 Å². The molecule has 9 heteroatoms. The molecule has 0 bridgehead atoms. The van der Waals surface area contributed by atoms with E-state index < -0.39 is 11.0 Å². The highest BCUT2D eigenvalue weighted by Crippen LogP contribution is 2.07. The topological polar surface area (TPSA) is 93.2 Å². The van der Waals surface area contributed by atoms with E-state index in [1.807, 2.05) is 0 Å². The summed E-state index contributed by atoms with van der Waals surface area (Å²) in [4.78, 5) is 13.6. The Labute approximate surface area is 113 Å². The van der Waals surface area contributed by atoms with E-state index in [4.69, 9.17) is 0 Å². The van der Waals surface area contributed by atoms with E-state index in [1.165, 1.54) is 17.0 Å². The Hall–Kier alpha value is -0.700. The maximum Gasteiger partial charge on any atom is 0.434 e. The van der Waals surface area contributed by atoms with E-state index >= 15 is 0 Å². The van der Waals surface area contributed by atoms with Crippen molar-refractivity contribution in [3.05, 3.63) is 22.5 Å². The van der Waals surface area contributed by atoms with Gasteiger partial charge in [0, 0.05) is 18.4 Å². The van der Waals surface area contributed by atoms with Crippen molar-refractivity contribution in [2.45, 2.75) is 12.6 Å². The van der Waals surface area contributed by atoms with Crippen LogP contribution in [0.25, 0.3) is 0 Å². The maximum absolute atomic E-state index is 10.5. The van der Waals surface area contributed by atoms with Crippen LogP contribution in [0.1, 0.15) is 0 Å². The van der Waals surface area contributed by atoms with Crippen LogP contribution in [0.4, 0.5) is 5.95 Å². The van der Waals surface area contributed by atoms with Crippen molar-refractivity contribution in [3.63, 3.8) is 0 Å². The Morgan fingerprint density at radius 2 is 2.41 bits per heavy atom. The number of imidazole rings is 1. The molecule has 0 aliphatic heterocycles. The van der Waals surface area contributed by atoms with E-state index in [2.05, 4.69) is 26.2 Å². The highest BCUT2D eigenvalue weighted by Gasteiger charge is 2.16. The number of aliphatic hydroxyl groups excluding tert-OH is 1. The van der Waals surface area contributed by atoms with Crippen LogP contribution in [-0.2, 0) is 6.54 Å². The zero-order valence-electron chi connectivity index (χ0n) is 8.95. The molecule has 0 saturated carbocycles. The van der Waals surface area contributed by atoms with Gasteiger partial charge in [0.25, 0.3) is 0 Å². The van der Waals surface area contributed by atoms with Gasteiger partial charge in [0.1, 0.15) is 12.4 Å². The van der Waals surface area contributed by atoms with Crippen molar-refractivity contribution < 1.29 is 10.0 Å². The van der Waals surface area contributed by atoms with E-state index in [-0.39, 0.29) is 24.9 Å². The molecule has 0 saturated heterocycles. The van der Waals surface area contributed by atoms with Gasteiger partial charge in [0.2, 0.25) is 0 Å². The van der Waals surface area contributed by atoms with Crippen molar-refractivity contribution in [2.24, 2.45) is 0 Å². The van der Waals surface area contributed by atoms with Crippen LogP contribution in [0.15, 0.2) is 12.4 Å². The summed E-state index contributed by atoms with van der Waals surface area (Å²) in [6.45, 7) is 1.29. The van der Waals surface area contributed by atoms with Gasteiger partial charge in [-0.15, -0.1) is 12.4 Å². The van der Waals surface area contributed by atoms with Gasteiger partial charge in [0.15, 0.2) is 0 Å². The number of nitrogens with one attached hydrogen (secondary N) is 1. The van der Waals surface area contributed by atoms with Crippen LogP contribution in [0, 0.1) is 10.1 Å². The fraction of sp³-hybridized carbons (Fsp3) is 0.625. The lowest BCUT2D eigenvalue weighted by Crippen LogP contribution is -2.31. The van der Waals surface area contributed by atoms with E-state index in [9.17, 15) is 15.2 Å². The van der Waals surface area contributed by atoms with Crippen LogP contribution >= 0.6 is 28.3 Å². The summed E-state index contributed by atoms with van der Waals surface area (Å²) >= 11 is 3.24. The molecule has 0 unspecified atom stereocenters. The number of rotatable bonds is 7. The molecule has 0 aliphatic rings. The Morgan fingerprint density at radius 1 is 1.71 bits per heavy atom. The third-order valence-electron chi connectivity index (χ3n) is 1.92.